The predicted octanol–water partition coefficient (Wildman–Crippen LogP) is 0.113. The Morgan fingerprint density at radius 3 is 1.75 bits per heavy atom. The molecule has 0 aliphatic carbocycles. The van der Waals surface area contributed by atoms with Crippen LogP contribution in [0.1, 0.15) is 6.92 Å². The summed E-state index contributed by atoms with van der Waals surface area (Å²) in [6, 6.07) is 0. The van der Waals surface area contributed by atoms with Crippen LogP contribution in [0.15, 0.2) is 0 Å². The fourth-order valence-electron chi connectivity index (χ4n) is 0. The molecule has 0 aromatic carbocycles. The largest absolute Gasteiger partial charge is 2.00 e. The van der Waals surface area contributed by atoms with E-state index in [4.69, 9.17) is 4.79 Å². The molecule has 1 radical (unpaired) electrons. The van der Waals surface area contributed by atoms with Gasteiger partial charge in [-0.2, -0.15) is 6.92 Å². The molecule has 0 aliphatic rings. The van der Waals surface area contributed by atoms with Gasteiger partial charge in [0.1, 0.15) is 0 Å². The molecule has 0 amide bonds. The van der Waals surface area contributed by atoms with Crippen LogP contribution in [-0.4, -0.2) is 6.29 Å². The zero-order chi connectivity index (χ0) is 2.71. The fourth-order valence-corrected chi connectivity index (χ4v) is 0. The number of hydrogen-bond donors (Lipinski definition) is 0. The second kappa shape index (κ2) is 10.9. The van der Waals surface area contributed by atoms with Crippen LogP contribution in [0, 0.1) is 0 Å². The van der Waals surface area contributed by atoms with Gasteiger partial charge in [-0.25, -0.2) is 0 Å². The van der Waals surface area contributed by atoms with E-state index in [9.17, 15) is 0 Å². The molecular weight excluding hydrogens is 99.0 g/mol. The molecule has 0 heterocycles. The van der Waals surface area contributed by atoms with Gasteiger partial charge < -0.3 is 4.79 Å². The number of rotatable bonds is 0. The summed E-state index contributed by atoms with van der Waals surface area (Å²) in [6.07, 6.45) is 1.50. The van der Waals surface area contributed by atoms with E-state index in [1.807, 2.05) is 0 Å². The molecule has 0 aromatic rings. The summed E-state index contributed by atoms with van der Waals surface area (Å²) in [5, 5.41) is 0. The van der Waals surface area contributed by atoms with Gasteiger partial charge in [-0.3, -0.25) is 6.29 Å². The van der Waals surface area contributed by atoms with Crippen LogP contribution in [0.3, 0.4) is 0 Å². The van der Waals surface area contributed by atoms with E-state index < -0.39 is 0 Å². The van der Waals surface area contributed by atoms with Crippen LogP contribution in [0.25, 0.3) is 0 Å². The molecular formula is C2H3CoO+. The van der Waals surface area contributed by atoms with E-state index in [0.717, 1.165) is 0 Å². The van der Waals surface area contributed by atoms with E-state index in [1.165, 1.54) is 13.2 Å². The molecule has 0 saturated carbocycles. The van der Waals surface area contributed by atoms with Gasteiger partial charge in [-0.05, 0) is 0 Å². The van der Waals surface area contributed by atoms with Gasteiger partial charge in [0.25, 0.3) is 0 Å². The van der Waals surface area contributed by atoms with Crippen molar-refractivity contribution in [1.82, 2.24) is 0 Å². The van der Waals surface area contributed by atoms with E-state index in [2.05, 4.69) is 0 Å². The van der Waals surface area contributed by atoms with Crippen molar-refractivity contribution < 1.29 is 21.6 Å². The fraction of sp³-hybridized carbons (Fsp3) is 0.500. The topological polar surface area (TPSA) is 17.1 Å². The second-order valence-corrected chi connectivity index (χ2v) is 0.204. The van der Waals surface area contributed by atoms with Crippen LogP contribution < -0.4 is 0 Å². The van der Waals surface area contributed by atoms with Crippen molar-refractivity contribution >= 4 is 6.29 Å². The molecule has 0 fully saturated rings. The zero-order valence-electron chi connectivity index (χ0n) is 2.24. The normalized spacial score (nSPS) is 3.25. The first kappa shape index (κ1) is 8.90. The van der Waals surface area contributed by atoms with Crippen LogP contribution >= 0.6 is 0 Å². The third kappa shape index (κ3) is 96.7. The van der Waals surface area contributed by atoms with Crippen molar-refractivity contribution in [1.29, 1.82) is 0 Å². The third-order valence-electron chi connectivity index (χ3n) is 0. The van der Waals surface area contributed by atoms with Gasteiger partial charge >= 0.3 is 16.8 Å². The molecule has 0 spiro atoms. The van der Waals surface area contributed by atoms with Gasteiger partial charge in [-0.1, -0.05) is 0 Å². The minimum Gasteiger partial charge on any atom is -0.542 e. The summed E-state index contributed by atoms with van der Waals surface area (Å²) in [6.45, 7) is 1.32. The van der Waals surface area contributed by atoms with Crippen LogP contribution in [-0.2, 0) is 21.6 Å². The molecule has 0 N–H and O–H groups in total. The molecule has 0 bridgehead atoms. The molecule has 0 unspecified atom stereocenters. The average Bonchev–Trinajstić information content (AvgIpc) is 0.918. The second-order valence-electron chi connectivity index (χ2n) is 0.204. The predicted molar refractivity (Wildman–Crippen MR) is 11.4 cm³/mol. The van der Waals surface area contributed by atoms with Crippen LogP contribution in [0.5, 0.6) is 0 Å². The Kier molecular flexibility index (Phi) is 24.2. The zero-order valence-corrected chi connectivity index (χ0v) is 3.28. The molecule has 2 heteroatoms. The van der Waals surface area contributed by atoms with Crippen molar-refractivity contribution in [3.63, 3.8) is 0 Å². The molecule has 0 aliphatic heterocycles. The Balaban J connectivity index is 0. The molecule has 4 heavy (non-hydrogen) atoms. The molecule has 1 nitrogen and oxygen atoms in total. The van der Waals surface area contributed by atoms with E-state index in [1.54, 1.807) is 0 Å². The third-order valence-corrected chi connectivity index (χ3v) is 0. The Morgan fingerprint density at radius 1 is 1.75 bits per heavy atom. The minimum atomic E-state index is 0. The van der Waals surface area contributed by atoms with Crippen LogP contribution in [0.4, 0.5) is 0 Å². The SMILES string of the molecule is C[C-]=O.[Co+2]. The summed E-state index contributed by atoms with van der Waals surface area (Å²) in [7, 11) is 0. The number of hydrogen-bond acceptors (Lipinski definition) is 1. The van der Waals surface area contributed by atoms with Gasteiger partial charge in [0, 0.05) is 0 Å². The van der Waals surface area contributed by atoms with Gasteiger partial charge in [0.15, 0.2) is 0 Å². The van der Waals surface area contributed by atoms with Crippen LogP contribution in [0.2, 0.25) is 0 Å². The summed E-state index contributed by atoms with van der Waals surface area (Å²) < 4.78 is 0. The average molecular weight is 102 g/mol. The standard InChI is InChI=1S/C2H3O.Co/c1-2-3;/h1H3;/q-1;+2. The first-order chi connectivity index (χ1) is 1.41. The van der Waals surface area contributed by atoms with Crippen molar-refractivity contribution in [3.05, 3.63) is 0 Å². The van der Waals surface area contributed by atoms with Gasteiger partial charge in [0.2, 0.25) is 0 Å². The Hall–Kier alpha value is 0.176. The monoisotopic (exact) mass is 102 g/mol. The Bertz CT molecular complexity index is 13.5. The van der Waals surface area contributed by atoms with E-state index >= 15 is 0 Å². The smallest absolute Gasteiger partial charge is 0.542 e. The summed E-state index contributed by atoms with van der Waals surface area (Å²) in [5.74, 6) is 0. The van der Waals surface area contributed by atoms with Crippen molar-refractivity contribution in [3.8, 4) is 0 Å². The maximum Gasteiger partial charge on any atom is 2.00 e. The van der Waals surface area contributed by atoms with Gasteiger partial charge in [-0.15, -0.1) is 0 Å². The Labute approximate surface area is 35.6 Å². The van der Waals surface area contributed by atoms with Crippen molar-refractivity contribution in [2.45, 2.75) is 6.92 Å². The molecule has 0 saturated heterocycles. The Morgan fingerprint density at radius 2 is 1.75 bits per heavy atom. The molecule has 0 atom stereocenters. The van der Waals surface area contributed by atoms with E-state index in [0.29, 0.717) is 0 Å². The molecule has 25 valence electrons. The first-order valence-electron chi connectivity index (χ1n) is 0.704. The summed E-state index contributed by atoms with van der Waals surface area (Å²) in [4.78, 5) is 8.68. The quantitative estimate of drug-likeness (QED) is 0.397. The van der Waals surface area contributed by atoms with Crippen molar-refractivity contribution in [2.75, 3.05) is 0 Å². The minimum absolute atomic E-state index is 0. The molecule has 0 aromatic heterocycles. The summed E-state index contributed by atoms with van der Waals surface area (Å²) in [5.41, 5.74) is 0. The van der Waals surface area contributed by atoms with Crippen molar-refractivity contribution in [2.24, 2.45) is 0 Å². The van der Waals surface area contributed by atoms with Gasteiger partial charge in [0.05, 0.1) is 0 Å². The first-order valence-corrected chi connectivity index (χ1v) is 0.704. The maximum atomic E-state index is 8.68. The molecule has 0 rings (SSSR count). The summed E-state index contributed by atoms with van der Waals surface area (Å²) >= 11 is 0. The maximum absolute atomic E-state index is 8.68. The number of carbonyl (C=O) groups excluding carboxylic acids is 1. The van der Waals surface area contributed by atoms with E-state index in [-0.39, 0.29) is 16.8 Å².